The number of nitrogens with zero attached hydrogens (tertiary/aromatic N) is 1. The largest absolute Gasteiger partial charge is 0.411 e. The van der Waals surface area contributed by atoms with Crippen LogP contribution in [0.1, 0.15) is 26.7 Å². The smallest absolute Gasteiger partial charge is 0.370 e. The van der Waals surface area contributed by atoms with Crippen molar-refractivity contribution in [1.29, 1.82) is 0 Å². The first-order valence-corrected chi connectivity index (χ1v) is 7.45. The minimum atomic E-state index is -4.25. The highest BCUT2D eigenvalue weighted by Gasteiger charge is 2.30. The fraction of sp³-hybridized carbons (Fsp3) is 0.917. The molecule has 112 valence electrons. The molecule has 0 unspecified atom stereocenters. The molecule has 0 saturated heterocycles. The predicted molar refractivity (Wildman–Crippen MR) is 72.7 cm³/mol. The molecule has 0 aromatic rings. The fourth-order valence-corrected chi connectivity index (χ4v) is 3.06. The second-order valence-corrected chi connectivity index (χ2v) is 5.68. The minimum Gasteiger partial charge on any atom is -0.370 e. The molecule has 0 fully saturated rings. The lowest BCUT2D eigenvalue weighted by Gasteiger charge is -2.33. The van der Waals surface area contributed by atoms with Crippen molar-refractivity contribution >= 4 is 16.9 Å². The van der Waals surface area contributed by atoms with Crippen LogP contribution in [0.25, 0.3) is 0 Å². The van der Waals surface area contributed by atoms with E-state index in [0.29, 0.717) is 6.54 Å². The Labute approximate surface area is 116 Å². The van der Waals surface area contributed by atoms with E-state index in [1.807, 2.05) is 0 Å². The van der Waals surface area contributed by atoms with E-state index >= 15 is 0 Å². The summed E-state index contributed by atoms with van der Waals surface area (Å²) in [5, 5.41) is 3.83. The van der Waals surface area contributed by atoms with E-state index in [4.69, 9.17) is 0 Å². The van der Waals surface area contributed by atoms with Crippen LogP contribution < -0.4 is 5.32 Å². The van der Waals surface area contributed by atoms with Gasteiger partial charge in [0.05, 0.1) is 6.61 Å². The SMILES string of the molecule is CCC1(CC)CN=C(NCCOCC(F)(F)F)SC1. The van der Waals surface area contributed by atoms with Gasteiger partial charge in [0.1, 0.15) is 6.61 Å². The molecule has 19 heavy (non-hydrogen) atoms. The van der Waals surface area contributed by atoms with E-state index in [9.17, 15) is 13.2 Å². The van der Waals surface area contributed by atoms with Crippen molar-refractivity contribution in [3.05, 3.63) is 0 Å². The van der Waals surface area contributed by atoms with Crippen LogP contribution in [0.4, 0.5) is 13.2 Å². The number of aliphatic imine (C=N–C) groups is 1. The van der Waals surface area contributed by atoms with Gasteiger partial charge in [-0.15, -0.1) is 0 Å². The zero-order valence-corrected chi connectivity index (χ0v) is 12.2. The molecule has 0 saturated carbocycles. The number of amidine groups is 1. The molecule has 0 bridgehead atoms. The lowest BCUT2D eigenvalue weighted by Crippen LogP contribution is -2.35. The first-order chi connectivity index (χ1) is 8.91. The maximum Gasteiger partial charge on any atom is 0.411 e. The summed E-state index contributed by atoms with van der Waals surface area (Å²) in [6.45, 7) is 4.33. The van der Waals surface area contributed by atoms with Gasteiger partial charge >= 0.3 is 6.18 Å². The van der Waals surface area contributed by atoms with Crippen LogP contribution in [0, 0.1) is 5.41 Å². The average molecular weight is 298 g/mol. The van der Waals surface area contributed by atoms with E-state index in [-0.39, 0.29) is 12.0 Å². The molecule has 0 aliphatic carbocycles. The summed E-state index contributed by atoms with van der Waals surface area (Å²) in [4.78, 5) is 4.46. The van der Waals surface area contributed by atoms with Gasteiger partial charge in [-0.2, -0.15) is 13.2 Å². The quantitative estimate of drug-likeness (QED) is 0.765. The second kappa shape index (κ2) is 7.38. The van der Waals surface area contributed by atoms with Gasteiger partial charge in [0.15, 0.2) is 5.17 Å². The third-order valence-corrected chi connectivity index (χ3v) is 4.67. The normalized spacial score (nSPS) is 19.1. The summed E-state index contributed by atoms with van der Waals surface area (Å²) < 4.78 is 40.0. The van der Waals surface area contributed by atoms with Crippen molar-refractivity contribution in [1.82, 2.24) is 5.32 Å². The summed E-state index contributed by atoms with van der Waals surface area (Å²) in [5.74, 6) is 1.01. The molecule has 1 heterocycles. The highest BCUT2D eigenvalue weighted by Crippen LogP contribution is 2.34. The Morgan fingerprint density at radius 2 is 2.05 bits per heavy atom. The number of halogens is 3. The summed E-state index contributed by atoms with van der Waals surface area (Å²) in [7, 11) is 0. The summed E-state index contributed by atoms with van der Waals surface area (Å²) >= 11 is 1.64. The summed E-state index contributed by atoms with van der Waals surface area (Å²) in [6.07, 6.45) is -2.05. The molecule has 0 aromatic carbocycles. The zero-order valence-electron chi connectivity index (χ0n) is 11.3. The van der Waals surface area contributed by atoms with E-state index in [1.165, 1.54) is 0 Å². The van der Waals surface area contributed by atoms with Crippen LogP contribution in [0.2, 0.25) is 0 Å². The molecule has 0 atom stereocenters. The van der Waals surface area contributed by atoms with E-state index in [2.05, 4.69) is 28.9 Å². The molecule has 7 heteroatoms. The number of hydrogen-bond donors (Lipinski definition) is 1. The second-order valence-electron chi connectivity index (χ2n) is 4.71. The highest BCUT2D eigenvalue weighted by molar-refractivity contribution is 8.13. The molecule has 0 radical (unpaired) electrons. The lowest BCUT2D eigenvalue weighted by molar-refractivity contribution is -0.173. The van der Waals surface area contributed by atoms with Gasteiger partial charge in [-0.1, -0.05) is 25.6 Å². The number of hydrogen-bond acceptors (Lipinski definition) is 4. The van der Waals surface area contributed by atoms with Crippen LogP contribution in [-0.4, -0.2) is 43.4 Å². The minimum absolute atomic E-state index is 0.0335. The Balaban J connectivity index is 2.20. The predicted octanol–water partition coefficient (Wildman–Crippen LogP) is 3.06. The van der Waals surface area contributed by atoms with Gasteiger partial charge in [0.25, 0.3) is 0 Å². The molecular weight excluding hydrogens is 277 g/mol. The highest BCUT2D eigenvalue weighted by atomic mass is 32.2. The van der Waals surface area contributed by atoms with Crippen molar-refractivity contribution in [2.75, 3.05) is 32.1 Å². The molecule has 3 nitrogen and oxygen atoms in total. The van der Waals surface area contributed by atoms with Gasteiger partial charge in [-0.3, -0.25) is 4.99 Å². The van der Waals surface area contributed by atoms with E-state index in [0.717, 1.165) is 30.3 Å². The molecule has 0 aromatic heterocycles. The number of ether oxygens (including phenoxy) is 1. The Morgan fingerprint density at radius 1 is 1.37 bits per heavy atom. The fourth-order valence-electron chi connectivity index (χ4n) is 1.75. The van der Waals surface area contributed by atoms with E-state index in [1.54, 1.807) is 11.8 Å². The van der Waals surface area contributed by atoms with Crippen molar-refractivity contribution in [2.45, 2.75) is 32.9 Å². The maximum absolute atomic E-state index is 11.8. The van der Waals surface area contributed by atoms with Crippen molar-refractivity contribution in [3.8, 4) is 0 Å². The standard InChI is InChI=1S/C12H21F3N2OS/c1-3-11(4-2)7-17-10(19-9-11)16-5-6-18-8-12(13,14)15/h3-9H2,1-2H3,(H,16,17). The Morgan fingerprint density at radius 3 is 2.53 bits per heavy atom. The molecule has 1 aliphatic heterocycles. The maximum atomic E-state index is 11.8. The molecule has 1 rings (SSSR count). The van der Waals surface area contributed by atoms with Gasteiger partial charge in [0, 0.05) is 18.8 Å². The lowest BCUT2D eigenvalue weighted by atomic mass is 9.84. The van der Waals surface area contributed by atoms with Gasteiger partial charge < -0.3 is 10.1 Å². The van der Waals surface area contributed by atoms with Gasteiger partial charge in [0.2, 0.25) is 0 Å². The van der Waals surface area contributed by atoms with Crippen molar-refractivity contribution < 1.29 is 17.9 Å². The van der Waals surface area contributed by atoms with Crippen molar-refractivity contribution in [3.63, 3.8) is 0 Å². The molecule has 0 amide bonds. The monoisotopic (exact) mass is 298 g/mol. The molecule has 1 N–H and O–H groups in total. The molecular formula is C12H21F3N2OS. The topological polar surface area (TPSA) is 33.6 Å². The number of thioether (sulfide) groups is 1. The van der Waals surface area contributed by atoms with Crippen LogP contribution in [0.15, 0.2) is 4.99 Å². The number of rotatable bonds is 6. The van der Waals surface area contributed by atoms with Crippen LogP contribution in [0.5, 0.6) is 0 Å². The van der Waals surface area contributed by atoms with Crippen LogP contribution >= 0.6 is 11.8 Å². The van der Waals surface area contributed by atoms with E-state index < -0.39 is 12.8 Å². The first-order valence-electron chi connectivity index (χ1n) is 6.46. The van der Waals surface area contributed by atoms with Crippen LogP contribution in [-0.2, 0) is 4.74 Å². The molecule has 1 aliphatic rings. The average Bonchev–Trinajstić information content (AvgIpc) is 2.38. The molecule has 0 spiro atoms. The van der Waals surface area contributed by atoms with Gasteiger partial charge in [-0.25, -0.2) is 0 Å². The summed E-state index contributed by atoms with van der Waals surface area (Å²) in [6, 6.07) is 0. The zero-order chi connectivity index (χ0) is 14.4. The third-order valence-electron chi connectivity index (χ3n) is 3.36. The van der Waals surface area contributed by atoms with Crippen molar-refractivity contribution in [2.24, 2.45) is 10.4 Å². The van der Waals surface area contributed by atoms with Crippen LogP contribution in [0.3, 0.4) is 0 Å². The number of nitrogens with one attached hydrogen (secondary N) is 1. The Kier molecular flexibility index (Phi) is 6.46. The summed E-state index contributed by atoms with van der Waals surface area (Å²) in [5.41, 5.74) is 0.280. The Hall–Kier alpha value is -0.430. The first kappa shape index (κ1) is 16.6. The third kappa shape index (κ3) is 6.03. The van der Waals surface area contributed by atoms with Gasteiger partial charge in [-0.05, 0) is 18.3 Å². The number of alkyl halides is 3. The Bertz CT molecular complexity index is 304.